The van der Waals surface area contributed by atoms with Crippen LogP contribution in [-0.2, 0) is 20.7 Å². The monoisotopic (exact) mass is 503 g/mol. The Labute approximate surface area is 218 Å². The molecule has 3 aromatic carbocycles. The minimum Gasteiger partial charge on any atom is -0.497 e. The first-order chi connectivity index (χ1) is 17.8. The van der Waals surface area contributed by atoms with Crippen molar-refractivity contribution in [3.63, 3.8) is 0 Å². The number of hydrogen-bond donors (Lipinski definition) is 0. The summed E-state index contributed by atoms with van der Waals surface area (Å²) < 4.78 is 21.7. The van der Waals surface area contributed by atoms with Gasteiger partial charge < -0.3 is 23.8 Å². The molecule has 0 saturated heterocycles. The number of amides is 1. The molecule has 0 atom stereocenters. The van der Waals surface area contributed by atoms with Gasteiger partial charge in [-0.2, -0.15) is 0 Å². The van der Waals surface area contributed by atoms with Gasteiger partial charge in [-0.25, -0.2) is 0 Å². The molecule has 3 aromatic rings. The molecule has 0 fully saturated rings. The van der Waals surface area contributed by atoms with Crippen LogP contribution in [0.1, 0.15) is 30.0 Å². The standard InChI is InChI=1S/C30H33NO6/c1-6-36-29(32)16-9-21-7-12-24(13-8-21)37-25-14-10-23(11-15-25)28(30(33)31(2)3)19-22-17-26(34-4)20-27(18-22)35-5/h7-8,10-15,17-20H,6,9,16H2,1-5H3/b28-19-. The van der Waals surface area contributed by atoms with Crippen LogP contribution in [0.25, 0.3) is 11.6 Å². The van der Waals surface area contributed by atoms with E-state index in [2.05, 4.69) is 0 Å². The number of benzene rings is 3. The van der Waals surface area contributed by atoms with E-state index in [0.29, 0.717) is 48.0 Å². The fraction of sp³-hybridized carbons (Fsp3) is 0.267. The summed E-state index contributed by atoms with van der Waals surface area (Å²) in [4.78, 5) is 26.1. The number of methoxy groups -OCH3 is 2. The van der Waals surface area contributed by atoms with Crippen LogP contribution in [0.15, 0.2) is 66.7 Å². The van der Waals surface area contributed by atoms with Crippen molar-refractivity contribution in [2.75, 3.05) is 34.9 Å². The second-order valence-electron chi connectivity index (χ2n) is 8.48. The summed E-state index contributed by atoms with van der Waals surface area (Å²) in [7, 11) is 6.61. The number of carbonyl (C=O) groups is 2. The summed E-state index contributed by atoms with van der Waals surface area (Å²) in [6.45, 7) is 2.19. The lowest BCUT2D eigenvalue weighted by Crippen LogP contribution is -2.22. The maximum atomic E-state index is 13.0. The largest absolute Gasteiger partial charge is 0.497 e. The van der Waals surface area contributed by atoms with Crippen molar-refractivity contribution in [3.05, 3.63) is 83.4 Å². The van der Waals surface area contributed by atoms with Gasteiger partial charge in [-0.3, -0.25) is 9.59 Å². The Balaban J connectivity index is 1.78. The van der Waals surface area contributed by atoms with E-state index in [0.717, 1.165) is 16.7 Å². The highest BCUT2D eigenvalue weighted by Gasteiger charge is 2.15. The van der Waals surface area contributed by atoms with E-state index < -0.39 is 0 Å². The van der Waals surface area contributed by atoms with Gasteiger partial charge in [-0.1, -0.05) is 24.3 Å². The average Bonchev–Trinajstić information content (AvgIpc) is 2.91. The van der Waals surface area contributed by atoms with Gasteiger partial charge in [0.2, 0.25) is 0 Å². The second-order valence-corrected chi connectivity index (χ2v) is 8.48. The summed E-state index contributed by atoms with van der Waals surface area (Å²) >= 11 is 0. The van der Waals surface area contributed by atoms with E-state index >= 15 is 0 Å². The molecule has 0 saturated carbocycles. The van der Waals surface area contributed by atoms with Crippen molar-refractivity contribution in [1.29, 1.82) is 0 Å². The van der Waals surface area contributed by atoms with Crippen LogP contribution < -0.4 is 14.2 Å². The van der Waals surface area contributed by atoms with Gasteiger partial charge in [0.15, 0.2) is 0 Å². The smallest absolute Gasteiger partial charge is 0.306 e. The first-order valence-corrected chi connectivity index (χ1v) is 12.0. The number of carbonyl (C=O) groups excluding carboxylic acids is 2. The summed E-state index contributed by atoms with van der Waals surface area (Å²) in [5.74, 6) is 2.26. The number of likely N-dealkylation sites (N-methyl/N-ethyl adjacent to an activating group) is 1. The summed E-state index contributed by atoms with van der Waals surface area (Å²) in [6.07, 6.45) is 2.78. The Morgan fingerprint density at radius 3 is 1.89 bits per heavy atom. The van der Waals surface area contributed by atoms with E-state index in [1.165, 1.54) is 4.90 Å². The Morgan fingerprint density at radius 2 is 1.38 bits per heavy atom. The molecule has 0 aliphatic heterocycles. The van der Waals surface area contributed by atoms with E-state index in [-0.39, 0.29) is 11.9 Å². The van der Waals surface area contributed by atoms with Crippen LogP contribution in [0.2, 0.25) is 0 Å². The van der Waals surface area contributed by atoms with E-state index in [1.807, 2.05) is 66.7 Å². The van der Waals surface area contributed by atoms with Gasteiger partial charge in [0.1, 0.15) is 23.0 Å². The van der Waals surface area contributed by atoms with Gasteiger partial charge in [-0.15, -0.1) is 0 Å². The van der Waals surface area contributed by atoms with Crippen molar-refractivity contribution in [2.24, 2.45) is 0 Å². The molecule has 3 rings (SSSR count). The van der Waals surface area contributed by atoms with Crippen molar-refractivity contribution in [3.8, 4) is 23.0 Å². The lowest BCUT2D eigenvalue weighted by molar-refractivity contribution is -0.143. The summed E-state index contributed by atoms with van der Waals surface area (Å²) in [6, 6.07) is 20.4. The highest BCUT2D eigenvalue weighted by atomic mass is 16.5. The Morgan fingerprint density at radius 1 is 0.811 bits per heavy atom. The van der Waals surface area contributed by atoms with Gasteiger partial charge in [0.25, 0.3) is 5.91 Å². The quantitative estimate of drug-likeness (QED) is 0.192. The fourth-order valence-corrected chi connectivity index (χ4v) is 3.63. The van der Waals surface area contributed by atoms with E-state index in [4.69, 9.17) is 18.9 Å². The van der Waals surface area contributed by atoms with Gasteiger partial charge in [0.05, 0.1) is 20.8 Å². The SMILES string of the molecule is CCOC(=O)CCc1ccc(Oc2ccc(/C(=C/c3cc(OC)cc(OC)c3)C(=O)N(C)C)cc2)cc1. The number of ether oxygens (including phenoxy) is 4. The topological polar surface area (TPSA) is 74.3 Å². The zero-order valence-electron chi connectivity index (χ0n) is 21.9. The van der Waals surface area contributed by atoms with Crippen LogP contribution in [0.5, 0.6) is 23.0 Å². The first-order valence-electron chi connectivity index (χ1n) is 12.0. The number of hydrogen-bond acceptors (Lipinski definition) is 6. The third-order valence-electron chi connectivity index (χ3n) is 5.57. The van der Waals surface area contributed by atoms with Gasteiger partial charge >= 0.3 is 5.97 Å². The molecule has 0 aliphatic carbocycles. The molecule has 37 heavy (non-hydrogen) atoms. The van der Waals surface area contributed by atoms with Crippen molar-refractivity contribution >= 4 is 23.5 Å². The Bertz CT molecular complexity index is 1210. The predicted molar refractivity (Wildman–Crippen MR) is 144 cm³/mol. The minimum atomic E-state index is -0.199. The normalized spacial score (nSPS) is 11.0. The maximum absolute atomic E-state index is 13.0. The zero-order chi connectivity index (χ0) is 26.8. The average molecular weight is 504 g/mol. The molecule has 0 aliphatic rings. The molecule has 0 bridgehead atoms. The minimum absolute atomic E-state index is 0.131. The van der Waals surface area contributed by atoms with Crippen LogP contribution in [0, 0.1) is 0 Å². The molecule has 0 aromatic heterocycles. The molecule has 0 heterocycles. The highest BCUT2D eigenvalue weighted by molar-refractivity contribution is 6.24. The highest BCUT2D eigenvalue weighted by Crippen LogP contribution is 2.29. The molecule has 194 valence electrons. The Hall–Kier alpha value is -4.26. The number of nitrogens with zero attached hydrogens (tertiary/aromatic N) is 1. The van der Waals surface area contributed by atoms with Crippen molar-refractivity contribution < 1.29 is 28.5 Å². The van der Waals surface area contributed by atoms with Crippen LogP contribution >= 0.6 is 0 Å². The molecule has 0 unspecified atom stereocenters. The number of esters is 1. The maximum Gasteiger partial charge on any atom is 0.306 e. The molecular weight excluding hydrogens is 470 g/mol. The summed E-state index contributed by atoms with van der Waals surface area (Å²) in [5.41, 5.74) is 3.09. The summed E-state index contributed by atoms with van der Waals surface area (Å²) in [5, 5.41) is 0. The lowest BCUT2D eigenvalue weighted by atomic mass is 10.0. The third-order valence-corrected chi connectivity index (χ3v) is 5.57. The molecule has 0 spiro atoms. The van der Waals surface area contributed by atoms with Crippen LogP contribution in [-0.4, -0.2) is 51.7 Å². The van der Waals surface area contributed by atoms with Crippen LogP contribution in [0.4, 0.5) is 0 Å². The van der Waals surface area contributed by atoms with Crippen LogP contribution in [0.3, 0.4) is 0 Å². The fourth-order valence-electron chi connectivity index (χ4n) is 3.63. The molecular formula is C30H33NO6. The third kappa shape index (κ3) is 7.87. The van der Waals surface area contributed by atoms with Gasteiger partial charge in [-0.05, 0) is 72.5 Å². The first kappa shape index (κ1) is 27.3. The molecule has 1 amide bonds. The van der Waals surface area contributed by atoms with E-state index in [1.54, 1.807) is 41.3 Å². The van der Waals surface area contributed by atoms with Gasteiger partial charge in [0, 0.05) is 32.2 Å². The molecule has 0 N–H and O–H groups in total. The van der Waals surface area contributed by atoms with E-state index in [9.17, 15) is 9.59 Å². The van der Waals surface area contributed by atoms with Crippen molar-refractivity contribution in [1.82, 2.24) is 4.90 Å². The zero-order valence-corrected chi connectivity index (χ0v) is 21.9. The lowest BCUT2D eigenvalue weighted by Gasteiger charge is -2.15. The van der Waals surface area contributed by atoms with Crippen molar-refractivity contribution in [2.45, 2.75) is 19.8 Å². The molecule has 7 heteroatoms. The molecule has 0 radical (unpaired) electrons. The Kier molecular flexibility index (Phi) is 9.72. The number of rotatable bonds is 11. The predicted octanol–water partition coefficient (Wildman–Crippen LogP) is 5.62. The second kappa shape index (κ2) is 13.2. The molecule has 7 nitrogen and oxygen atoms in total. The number of aryl methyl sites for hydroxylation is 1.